The molecule has 0 saturated carbocycles. The van der Waals surface area contributed by atoms with E-state index >= 15 is 0 Å². The Bertz CT molecular complexity index is 1000. The number of anilines is 2. The number of nitrogens with zero attached hydrogens (tertiary/aromatic N) is 2. The van der Waals surface area contributed by atoms with Gasteiger partial charge in [0.15, 0.2) is 4.34 Å². The molecule has 144 valence electrons. The zero-order chi connectivity index (χ0) is 20.1. The number of halogens is 1. The first-order chi connectivity index (χ1) is 13.4. The van der Waals surface area contributed by atoms with Gasteiger partial charge in [0.05, 0.1) is 11.4 Å². The van der Waals surface area contributed by atoms with Crippen molar-refractivity contribution in [2.75, 3.05) is 16.4 Å². The molecule has 2 N–H and O–H groups in total. The first kappa shape index (κ1) is 20.0. The molecule has 0 atom stereocenters. The molecular weight excluding hydrogens is 399 g/mol. The monoisotopic (exact) mass is 416 g/mol. The summed E-state index contributed by atoms with van der Waals surface area (Å²) in [6.45, 7) is 3.85. The molecule has 0 aliphatic heterocycles. The lowest BCUT2D eigenvalue weighted by molar-refractivity contribution is -0.113. The van der Waals surface area contributed by atoms with Crippen LogP contribution in [0.3, 0.4) is 0 Å². The van der Waals surface area contributed by atoms with Gasteiger partial charge in [-0.1, -0.05) is 52.4 Å². The van der Waals surface area contributed by atoms with E-state index in [0.29, 0.717) is 15.0 Å². The number of aromatic nitrogens is 2. The summed E-state index contributed by atoms with van der Waals surface area (Å²) >= 11 is 2.33. The molecule has 0 fully saturated rings. The van der Waals surface area contributed by atoms with E-state index in [1.54, 1.807) is 24.3 Å². The van der Waals surface area contributed by atoms with Crippen LogP contribution in [-0.2, 0) is 4.79 Å². The summed E-state index contributed by atoms with van der Waals surface area (Å²) in [5.74, 6) is -1.07. The summed E-state index contributed by atoms with van der Waals surface area (Å²) < 4.78 is 14.1. The van der Waals surface area contributed by atoms with Crippen molar-refractivity contribution >= 4 is 45.7 Å². The fraction of sp³-hybridized carbons (Fsp3) is 0.158. The number of hydrogen-bond acceptors (Lipinski definition) is 6. The van der Waals surface area contributed by atoms with E-state index in [0.717, 1.165) is 22.9 Å². The summed E-state index contributed by atoms with van der Waals surface area (Å²) in [6.07, 6.45) is 0. The maximum atomic E-state index is 13.5. The third-order valence-corrected chi connectivity index (χ3v) is 5.56. The summed E-state index contributed by atoms with van der Waals surface area (Å²) in [5.41, 5.74) is 2.68. The number of benzene rings is 2. The van der Waals surface area contributed by atoms with Crippen LogP contribution in [0.2, 0.25) is 0 Å². The Morgan fingerprint density at radius 3 is 2.50 bits per heavy atom. The van der Waals surface area contributed by atoms with Gasteiger partial charge in [0, 0.05) is 5.56 Å². The van der Waals surface area contributed by atoms with Gasteiger partial charge in [0.2, 0.25) is 11.0 Å². The highest BCUT2D eigenvalue weighted by Gasteiger charge is 2.13. The molecule has 0 spiro atoms. The maximum absolute atomic E-state index is 13.5. The lowest BCUT2D eigenvalue weighted by atomic mass is 10.1. The number of nitrogens with one attached hydrogen (secondary N) is 2. The number of para-hydroxylation sites is 1. The Morgan fingerprint density at radius 1 is 1.07 bits per heavy atom. The molecule has 3 rings (SSSR count). The van der Waals surface area contributed by atoms with Crippen molar-refractivity contribution in [2.45, 2.75) is 18.2 Å². The highest BCUT2D eigenvalue weighted by Crippen LogP contribution is 2.26. The lowest BCUT2D eigenvalue weighted by Crippen LogP contribution is -2.14. The Kier molecular flexibility index (Phi) is 6.37. The predicted octanol–water partition coefficient (Wildman–Crippen LogP) is 4.28. The van der Waals surface area contributed by atoms with Crippen LogP contribution >= 0.6 is 23.1 Å². The Morgan fingerprint density at radius 2 is 1.79 bits per heavy atom. The average Bonchev–Trinajstić information content (AvgIpc) is 3.08. The van der Waals surface area contributed by atoms with Crippen LogP contribution in [0.1, 0.15) is 21.5 Å². The highest BCUT2D eigenvalue weighted by atomic mass is 32.2. The number of hydrogen-bond donors (Lipinski definition) is 2. The third kappa shape index (κ3) is 5.37. The molecule has 0 radical (unpaired) electrons. The molecule has 2 amide bonds. The second kappa shape index (κ2) is 8.94. The van der Waals surface area contributed by atoms with Crippen LogP contribution in [0.25, 0.3) is 0 Å². The van der Waals surface area contributed by atoms with Gasteiger partial charge in [-0.2, -0.15) is 0 Å². The largest absolute Gasteiger partial charge is 0.323 e. The smallest absolute Gasteiger partial charge is 0.257 e. The van der Waals surface area contributed by atoms with Crippen molar-refractivity contribution in [3.8, 4) is 0 Å². The average molecular weight is 417 g/mol. The topological polar surface area (TPSA) is 84.0 Å². The molecule has 0 saturated heterocycles. The zero-order valence-corrected chi connectivity index (χ0v) is 16.8. The van der Waals surface area contributed by atoms with Gasteiger partial charge >= 0.3 is 0 Å². The van der Waals surface area contributed by atoms with Gasteiger partial charge in [-0.3, -0.25) is 14.9 Å². The second-order valence-electron chi connectivity index (χ2n) is 6.02. The van der Waals surface area contributed by atoms with Crippen molar-refractivity contribution in [3.05, 3.63) is 65.0 Å². The van der Waals surface area contributed by atoms with E-state index in [2.05, 4.69) is 20.8 Å². The van der Waals surface area contributed by atoms with Crippen LogP contribution < -0.4 is 10.6 Å². The van der Waals surface area contributed by atoms with Gasteiger partial charge < -0.3 is 5.32 Å². The van der Waals surface area contributed by atoms with Crippen LogP contribution in [-0.4, -0.2) is 27.8 Å². The fourth-order valence-corrected chi connectivity index (χ4v) is 4.02. The standard InChI is InChI=1S/C19H17FN4O2S2/c1-11-7-12(2)9-13(8-11)17(26)22-18-23-24-19(28-18)27-10-16(25)21-15-6-4-3-5-14(15)20/h3-9H,10H2,1-2H3,(H,21,25)(H,22,23,26). The second-order valence-corrected chi connectivity index (χ2v) is 8.22. The number of thioether (sulfide) groups is 1. The molecule has 28 heavy (non-hydrogen) atoms. The van der Waals surface area contributed by atoms with E-state index in [9.17, 15) is 14.0 Å². The minimum atomic E-state index is -0.492. The number of aryl methyl sites for hydroxylation is 2. The highest BCUT2D eigenvalue weighted by molar-refractivity contribution is 8.01. The summed E-state index contributed by atoms with van der Waals surface area (Å²) in [6, 6.07) is 11.5. The summed E-state index contributed by atoms with van der Waals surface area (Å²) in [7, 11) is 0. The van der Waals surface area contributed by atoms with Crippen molar-refractivity contribution < 1.29 is 14.0 Å². The molecule has 6 nitrogen and oxygen atoms in total. The van der Waals surface area contributed by atoms with Crippen molar-refractivity contribution in [1.82, 2.24) is 10.2 Å². The molecule has 0 bridgehead atoms. The van der Waals surface area contributed by atoms with E-state index in [1.807, 2.05) is 19.9 Å². The molecule has 0 unspecified atom stereocenters. The summed E-state index contributed by atoms with van der Waals surface area (Å²) in [4.78, 5) is 24.3. The van der Waals surface area contributed by atoms with Crippen molar-refractivity contribution in [1.29, 1.82) is 0 Å². The van der Waals surface area contributed by atoms with Crippen molar-refractivity contribution in [2.24, 2.45) is 0 Å². The van der Waals surface area contributed by atoms with Gasteiger partial charge in [0.25, 0.3) is 5.91 Å². The van der Waals surface area contributed by atoms with Gasteiger partial charge in [0.1, 0.15) is 5.82 Å². The van der Waals surface area contributed by atoms with Crippen LogP contribution in [0.4, 0.5) is 15.2 Å². The first-order valence-corrected chi connectivity index (χ1v) is 10.1. The van der Waals surface area contributed by atoms with E-state index in [-0.39, 0.29) is 23.3 Å². The Balaban J connectivity index is 1.54. The quantitative estimate of drug-likeness (QED) is 0.463. The van der Waals surface area contributed by atoms with E-state index in [1.165, 1.54) is 23.5 Å². The zero-order valence-electron chi connectivity index (χ0n) is 15.2. The van der Waals surface area contributed by atoms with Gasteiger partial charge in [-0.05, 0) is 38.1 Å². The molecule has 0 aliphatic carbocycles. The van der Waals surface area contributed by atoms with E-state index < -0.39 is 5.82 Å². The Labute approximate surface area is 169 Å². The number of rotatable bonds is 6. The minimum Gasteiger partial charge on any atom is -0.323 e. The number of carbonyl (C=O) groups is 2. The van der Waals surface area contributed by atoms with Gasteiger partial charge in [-0.15, -0.1) is 10.2 Å². The number of carbonyl (C=O) groups excluding carboxylic acids is 2. The fourth-order valence-electron chi connectivity index (χ4n) is 2.47. The molecule has 2 aromatic carbocycles. The normalized spacial score (nSPS) is 10.5. The van der Waals surface area contributed by atoms with Gasteiger partial charge in [-0.25, -0.2) is 4.39 Å². The first-order valence-electron chi connectivity index (χ1n) is 8.31. The molecule has 1 aromatic heterocycles. The molecular formula is C19H17FN4O2S2. The molecule has 0 aliphatic rings. The van der Waals surface area contributed by atoms with E-state index in [4.69, 9.17) is 0 Å². The predicted molar refractivity (Wildman–Crippen MR) is 110 cm³/mol. The van der Waals surface area contributed by atoms with Crippen LogP contribution in [0, 0.1) is 19.7 Å². The van der Waals surface area contributed by atoms with Crippen LogP contribution in [0.15, 0.2) is 46.8 Å². The minimum absolute atomic E-state index is 0.0496. The lowest BCUT2D eigenvalue weighted by Gasteiger charge is -2.05. The molecule has 9 heteroatoms. The summed E-state index contributed by atoms with van der Waals surface area (Å²) in [5, 5.41) is 13.4. The SMILES string of the molecule is Cc1cc(C)cc(C(=O)Nc2nnc(SCC(=O)Nc3ccccc3F)s2)c1. The molecule has 1 heterocycles. The van der Waals surface area contributed by atoms with Crippen molar-refractivity contribution in [3.63, 3.8) is 0 Å². The maximum Gasteiger partial charge on any atom is 0.257 e. The Hall–Kier alpha value is -2.78. The van der Waals surface area contributed by atoms with Crippen LogP contribution in [0.5, 0.6) is 0 Å². The molecule has 3 aromatic rings. The third-order valence-electron chi connectivity index (χ3n) is 3.59. The number of amides is 2.